The first kappa shape index (κ1) is 59.3. The van der Waals surface area contributed by atoms with E-state index >= 15 is 0 Å². The van der Waals surface area contributed by atoms with E-state index in [1.54, 1.807) is 0 Å². The first-order valence-electron chi connectivity index (χ1n) is 26.2. The summed E-state index contributed by atoms with van der Waals surface area (Å²) in [4.78, 5) is 26.1. The molecule has 358 valence electrons. The minimum absolute atomic E-state index is 0.0348. The Morgan fingerprint density at radius 1 is 0.484 bits per heavy atom. The molecule has 0 aromatic carbocycles. The smallest absolute Gasteiger partial charge is 0.306 e. The van der Waals surface area contributed by atoms with Crippen molar-refractivity contribution in [2.45, 2.75) is 264 Å². The Bertz CT molecular complexity index is 1150. The number of allylic oxidation sites excluding steroid dienone is 12. The predicted octanol–water partition coefficient (Wildman–Crippen LogP) is 15.8. The van der Waals surface area contributed by atoms with Crippen LogP contribution in [0.1, 0.15) is 245 Å². The van der Waals surface area contributed by atoms with Crippen LogP contribution in [0.25, 0.3) is 0 Å². The topological polar surface area (TPSA) is 95.9 Å². The van der Waals surface area contributed by atoms with E-state index in [4.69, 9.17) is 4.74 Å². The van der Waals surface area contributed by atoms with Gasteiger partial charge in [-0.25, -0.2) is 0 Å². The van der Waals surface area contributed by atoms with Gasteiger partial charge in [-0.1, -0.05) is 216 Å². The van der Waals surface area contributed by atoms with Crippen LogP contribution < -0.4 is 5.32 Å². The highest BCUT2D eigenvalue weighted by Crippen LogP contribution is 2.17. The van der Waals surface area contributed by atoms with Crippen molar-refractivity contribution in [3.8, 4) is 0 Å². The molecule has 0 aliphatic rings. The third-order valence-electron chi connectivity index (χ3n) is 11.5. The van der Waals surface area contributed by atoms with Crippen LogP contribution in [0.4, 0.5) is 0 Å². The maximum Gasteiger partial charge on any atom is 0.306 e. The van der Waals surface area contributed by atoms with Crippen molar-refractivity contribution >= 4 is 11.9 Å². The second-order valence-corrected chi connectivity index (χ2v) is 17.5. The van der Waals surface area contributed by atoms with Crippen molar-refractivity contribution < 1.29 is 24.5 Å². The lowest BCUT2D eigenvalue weighted by Gasteiger charge is -2.24. The fourth-order valence-electron chi connectivity index (χ4n) is 7.57. The quantitative estimate of drug-likeness (QED) is 0.0322. The summed E-state index contributed by atoms with van der Waals surface area (Å²) in [6, 6.07) is -0.722. The van der Waals surface area contributed by atoms with Crippen molar-refractivity contribution in [2.24, 2.45) is 0 Å². The van der Waals surface area contributed by atoms with Gasteiger partial charge in [0.1, 0.15) is 6.10 Å². The standard InChI is InChI=1S/C56H99NO5/c1-4-7-10-13-16-19-22-24-26-27-29-30-33-35-38-41-44-47-52(62-56(61)49-46-43-40-37-34-31-28-25-23-20-17-14-11-8-5-2)50-55(60)57-53(51-58)54(59)48-45-42-39-36-32-21-18-15-12-9-6-3/h7,10,16,19-20,23-24,26,29-30,35,38,52-54,58-59H,4-6,8-9,11-15,17-18,21-22,25,27-28,31-34,36-37,39-51H2,1-3H3,(H,57,60)/b10-7-,19-16-,23-20-,26-24-,30-29-,38-35-. The highest BCUT2D eigenvalue weighted by molar-refractivity contribution is 5.77. The van der Waals surface area contributed by atoms with Crippen LogP contribution in [0.3, 0.4) is 0 Å². The molecule has 3 unspecified atom stereocenters. The molecule has 62 heavy (non-hydrogen) atoms. The first-order valence-corrected chi connectivity index (χ1v) is 26.2. The molecule has 0 fully saturated rings. The number of aliphatic hydroxyl groups excluding tert-OH is 2. The summed E-state index contributed by atoms with van der Waals surface area (Å²) in [6.07, 6.45) is 62.5. The van der Waals surface area contributed by atoms with Gasteiger partial charge in [-0.2, -0.15) is 0 Å². The number of nitrogens with one attached hydrogen (secondary N) is 1. The van der Waals surface area contributed by atoms with E-state index in [-0.39, 0.29) is 24.9 Å². The number of hydrogen-bond donors (Lipinski definition) is 3. The molecule has 0 aliphatic heterocycles. The molecular weight excluding hydrogens is 767 g/mol. The second kappa shape index (κ2) is 49.3. The Balaban J connectivity index is 4.71. The zero-order valence-electron chi connectivity index (χ0n) is 40.7. The number of unbranched alkanes of at least 4 members (excludes halogenated alkanes) is 22. The van der Waals surface area contributed by atoms with Crippen molar-refractivity contribution in [3.63, 3.8) is 0 Å². The first-order chi connectivity index (χ1) is 30.5. The molecule has 3 N–H and O–H groups in total. The number of amides is 1. The Hall–Kier alpha value is -2.70. The van der Waals surface area contributed by atoms with E-state index in [0.717, 1.165) is 83.5 Å². The lowest BCUT2D eigenvalue weighted by Crippen LogP contribution is -2.46. The lowest BCUT2D eigenvalue weighted by atomic mass is 10.0. The van der Waals surface area contributed by atoms with Crippen LogP contribution in [0.15, 0.2) is 72.9 Å². The van der Waals surface area contributed by atoms with Crippen LogP contribution in [0, 0.1) is 0 Å². The minimum atomic E-state index is -0.805. The van der Waals surface area contributed by atoms with E-state index in [1.165, 1.54) is 116 Å². The number of aliphatic hydroxyl groups is 2. The van der Waals surface area contributed by atoms with Gasteiger partial charge < -0.3 is 20.3 Å². The molecule has 1 amide bonds. The Morgan fingerprint density at radius 2 is 0.887 bits per heavy atom. The molecule has 0 rings (SSSR count). The maximum atomic E-state index is 13.2. The van der Waals surface area contributed by atoms with Gasteiger partial charge >= 0.3 is 5.97 Å². The molecule has 3 atom stereocenters. The van der Waals surface area contributed by atoms with E-state index in [2.05, 4.69) is 99.0 Å². The molecule has 0 radical (unpaired) electrons. The number of carbonyl (C=O) groups is 2. The molecule has 0 saturated heterocycles. The minimum Gasteiger partial charge on any atom is -0.462 e. The van der Waals surface area contributed by atoms with E-state index < -0.39 is 18.2 Å². The highest BCUT2D eigenvalue weighted by atomic mass is 16.5. The second-order valence-electron chi connectivity index (χ2n) is 17.5. The zero-order valence-corrected chi connectivity index (χ0v) is 40.7. The van der Waals surface area contributed by atoms with Gasteiger partial charge in [-0.05, 0) is 89.9 Å². The van der Waals surface area contributed by atoms with Gasteiger partial charge in [-0.15, -0.1) is 0 Å². The summed E-state index contributed by atoms with van der Waals surface area (Å²) in [5.41, 5.74) is 0. The van der Waals surface area contributed by atoms with Crippen molar-refractivity contribution in [3.05, 3.63) is 72.9 Å². The molecule has 0 saturated carbocycles. The van der Waals surface area contributed by atoms with Crippen molar-refractivity contribution in [1.82, 2.24) is 5.32 Å². The van der Waals surface area contributed by atoms with E-state index in [9.17, 15) is 19.8 Å². The number of rotatable bonds is 46. The van der Waals surface area contributed by atoms with Gasteiger partial charge in [-0.3, -0.25) is 9.59 Å². The Labute approximate surface area is 383 Å². The Kier molecular flexibility index (Phi) is 47.2. The fourth-order valence-corrected chi connectivity index (χ4v) is 7.57. The number of esters is 1. The van der Waals surface area contributed by atoms with Crippen LogP contribution in [0.5, 0.6) is 0 Å². The van der Waals surface area contributed by atoms with Crippen LogP contribution >= 0.6 is 0 Å². The molecule has 6 heteroatoms. The van der Waals surface area contributed by atoms with Gasteiger partial charge in [0.05, 0.1) is 25.2 Å². The summed E-state index contributed by atoms with van der Waals surface area (Å²) in [5, 5.41) is 23.7. The van der Waals surface area contributed by atoms with Crippen LogP contribution in [-0.4, -0.2) is 46.9 Å². The van der Waals surface area contributed by atoms with Gasteiger partial charge in [0.2, 0.25) is 5.91 Å². The molecule has 0 aliphatic carbocycles. The summed E-state index contributed by atoms with van der Waals surface area (Å²) in [5.74, 6) is -0.536. The summed E-state index contributed by atoms with van der Waals surface area (Å²) >= 11 is 0. The van der Waals surface area contributed by atoms with Crippen LogP contribution in [0.2, 0.25) is 0 Å². The molecule has 0 spiro atoms. The largest absolute Gasteiger partial charge is 0.462 e. The fraction of sp³-hybridized carbons (Fsp3) is 0.750. The molecule has 6 nitrogen and oxygen atoms in total. The monoisotopic (exact) mass is 866 g/mol. The molecule has 0 aromatic rings. The SMILES string of the molecule is CC/C=C\C/C=C\C/C=C\C/C=C\C/C=C\CCCC(CC(=O)NC(CO)C(O)CCCCCCCCCCCCC)OC(=O)CCCCCCCCC/C=C\CCCCCC. The summed E-state index contributed by atoms with van der Waals surface area (Å²) in [6.45, 7) is 6.33. The summed E-state index contributed by atoms with van der Waals surface area (Å²) < 4.78 is 5.91. The average Bonchev–Trinajstić information content (AvgIpc) is 3.26. The predicted molar refractivity (Wildman–Crippen MR) is 268 cm³/mol. The van der Waals surface area contributed by atoms with Gasteiger partial charge in [0, 0.05) is 6.42 Å². The zero-order chi connectivity index (χ0) is 45.2. The van der Waals surface area contributed by atoms with Gasteiger partial charge in [0.15, 0.2) is 0 Å². The normalized spacial score (nSPS) is 13.8. The highest BCUT2D eigenvalue weighted by Gasteiger charge is 2.24. The van der Waals surface area contributed by atoms with Crippen molar-refractivity contribution in [2.75, 3.05) is 6.61 Å². The number of ether oxygens (including phenoxy) is 1. The lowest BCUT2D eigenvalue weighted by molar-refractivity contribution is -0.151. The van der Waals surface area contributed by atoms with Crippen molar-refractivity contribution in [1.29, 1.82) is 0 Å². The third kappa shape index (κ3) is 43.9. The third-order valence-corrected chi connectivity index (χ3v) is 11.5. The van der Waals surface area contributed by atoms with Gasteiger partial charge in [0.25, 0.3) is 0 Å². The average molecular weight is 866 g/mol. The van der Waals surface area contributed by atoms with Crippen LogP contribution in [-0.2, 0) is 14.3 Å². The molecule has 0 aromatic heterocycles. The maximum absolute atomic E-state index is 13.2. The van der Waals surface area contributed by atoms with E-state index in [0.29, 0.717) is 19.3 Å². The number of carbonyl (C=O) groups excluding carboxylic acids is 2. The number of hydrogen-bond acceptors (Lipinski definition) is 5. The molecule has 0 bridgehead atoms. The van der Waals surface area contributed by atoms with E-state index in [1.807, 2.05) is 0 Å². The molecule has 0 heterocycles. The Morgan fingerprint density at radius 3 is 1.39 bits per heavy atom. The summed E-state index contributed by atoms with van der Waals surface area (Å²) in [7, 11) is 0. The molecular formula is C56H99NO5.